The summed E-state index contributed by atoms with van der Waals surface area (Å²) in [6.07, 6.45) is 4.23. The van der Waals surface area contributed by atoms with Crippen molar-refractivity contribution >= 4 is 5.69 Å². The van der Waals surface area contributed by atoms with E-state index < -0.39 is 6.10 Å². The Kier molecular flexibility index (Phi) is 2.59. The first kappa shape index (κ1) is 9.60. The summed E-state index contributed by atoms with van der Waals surface area (Å²) in [6, 6.07) is 1.70. The van der Waals surface area contributed by atoms with Gasteiger partial charge < -0.3 is 10.8 Å². The van der Waals surface area contributed by atoms with Crippen LogP contribution in [0.15, 0.2) is 24.8 Å². The smallest absolute Gasteiger partial charge is 0.153 e. The Balaban J connectivity index is 2.13. The highest BCUT2D eigenvalue weighted by molar-refractivity contribution is 5.44. The van der Waals surface area contributed by atoms with E-state index >= 15 is 0 Å². The second-order valence-corrected chi connectivity index (χ2v) is 3.17. The molecule has 2 aromatic rings. The Labute approximate surface area is 86.2 Å². The predicted molar refractivity (Wildman–Crippen MR) is 53.7 cm³/mol. The van der Waals surface area contributed by atoms with Crippen LogP contribution in [0.25, 0.3) is 0 Å². The summed E-state index contributed by atoms with van der Waals surface area (Å²) in [5.41, 5.74) is 7.13. The minimum atomic E-state index is -0.737. The number of nitrogens with two attached hydrogens (primary N) is 1. The lowest BCUT2D eigenvalue weighted by Crippen LogP contribution is -2.06. The van der Waals surface area contributed by atoms with Crippen LogP contribution in [0.1, 0.15) is 17.5 Å². The number of rotatable bonds is 3. The number of anilines is 1. The van der Waals surface area contributed by atoms with E-state index in [9.17, 15) is 5.11 Å². The van der Waals surface area contributed by atoms with E-state index in [2.05, 4.69) is 20.2 Å². The molecule has 0 bridgehead atoms. The normalized spacial score (nSPS) is 12.6. The van der Waals surface area contributed by atoms with E-state index in [-0.39, 0.29) is 0 Å². The SMILES string of the molecule is Nc1ccncc1CC(O)c1ncn[nH]1. The zero-order valence-corrected chi connectivity index (χ0v) is 7.96. The Morgan fingerprint density at radius 3 is 3.07 bits per heavy atom. The molecule has 1 unspecified atom stereocenters. The molecular weight excluding hydrogens is 194 g/mol. The van der Waals surface area contributed by atoms with Crippen molar-refractivity contribution in [2.24, 2.45) is 0 Å². The van der Waals surface area contributed by atoms with Gasteiger partial charge in [0.25, 0.3) is 0 Å². The molecule has 0 aromatic carbocycles. The van der Waals surface area contributed by atoms with Crippen molar-refractivity contribution in [2.45, 2.75) is 12.5 Å². The maximum absolute atomic E-state index is 9.77. The summed E-state index contributed by atoms with van der Waals surface area (Å²) >= 11 is 0. The molecule has 1 atom stereocenters. The summed E-state index contributed by atoms with van der Waals surface area (Å²) in [5.74, 6) is 0.429. The highest BCUT2D eigenvalue weighted by Crippen LogP contribution is 2.17. The van der Waals surface area contributed by atoms with Gasteiger partial charge in [0, 0.05) is 24.5 Å². The molecule has 15 heavy (non-hydrogen) atoms. The van der Waals surface area contributed by atoms with E-state index in [1.807, 2.05) is 0 Å². The first-order valence-corrected chi connectivity index (χ1v) is 4.49. The van der Waals surface area contributed by atoms with Gasteiger partial charge in [0.15, 0.2) is 5.82 Å². The largest absolute Gasteiger partial charge is 0.398 e. The lowest BCUT2D eigenvalue weighted by molar-refractivity contribution is 0.169. The molecule has 6 heteroatoms. The highest BCUT2D eigenvalue weighted by atomic mass is 16.3. The van der Waals surface area contributed by atoms with Gasteiger partial charge in [-0.25, -0.2) is 4.98 Å². The summed E-state index contributed by atoms with van der Waals surface area (Å²) in [6.45, 7) is 0. The van der Waals surface area contributed by atoms with Gasteiger partial charge in [-0.1, -0.05) is 0 Å². The van der Waals surface area contributed by atoms with Crippen LogP contribution in [0.4, 0.5) is 5.69 Å². The number of nitrogens with zero attached hydrogens (tertiary/aromatic N) is 3. The Bertz CT molecular complexity index is 428. The van der Waals surface area contributed by atoms with E-state index in [1.54, 1.807) is 18.5 Å². The number of nitrogens with one attached hydrogen (secondary N) is 1. The number of hydrogen-bond donors (Lipinski definition) is 3. The van der Waals surface area contributed by atoms with Crippen LogP contribution >= 0.6 is 0 Å². The van der Waals surface area contributed by atoms with Gasteiger partial charge in [-0.15, -0.1) is 0 Å². The monoisotopic (exact) mass is 205 g/mol. The number of aliphatic hydroxyl groups excluding tert-OH is 1. The van der Waals surface area contributed by atoms with Crippen LogP contribution < -0.4 is 5.73 Å². The quantitative estimate of drug-likeness (QED) is 0.657. The second kappa shape index (κ2) is 4.05. The molecule has 0 aliphatic carbocycles. The third kappa shape index (κ3) is 2.10. The molecule has 0 saturated heterocycles. The molecule has 2 rings (SSSR count). The molecule has 0 amide bonds. The van der Waals surface area contributed by atoms with Crippen LogP contribution in [0.5, 0.6) is 0 Å². The topological polar surface area (TPSA) is 101 Å². The number of aliphatic hydroxyl groups is 1. The average molecular weight is 205 g/mol. The van der Waals surface area contributed by atoms with Crippen LogP contribution in [-0.2, 0) is 6.42 Å². The minimum Gasteiger partial charge on any atom is -0.398 e. The van der Waals surface area contributed by atoms with Gasteiger partial charge in [0.2, 0.25) is 0 Å². The molecule has 0 aliphatic heterocycles. The molecule has 0 spiro atoms. The van der Waals surface area contributed by atoms with E-state index in [1.165, 1.54) is 6.33 Å². The molecule has 2 heterocycles. The molecular formula is C9H11N5O. The predicted octanol–water partition coefficient (Wildman–Crippen LogP) is 0.0580. The Morgan fingerprint density at radius 1 is 1.53 bits per heavy atom. The van der Waals surface area contributed by atoms with Crippen molar-refractivity contribution in [1.82, 2.24) is 20.2 Å². The second-order valence-electron chi connectivity index (χ2n) is 3.17. The molecule has 0 fully saturated rings. The van der Waals surface area contributed by atoms with Crippen molar-refractivity contribution in [3.05, 3.63) is 36.2 Å². The molecule has 6 nitrogen and oxygen atoms in total. The lowest BCUT2D eigenvalue weighted by Gasteiger charge is -2.08. The first-order valence-electron chi connectivity index (χ1n) is 4.49. The average Bonchev–Trinajstić information content (AvgIpc) is 2.74. The zero-order valence-electron chi connectivity index (χ0n) is 7.96. The van der Waals surface area contributed by atoms with E-state index in [0.717, 1.165) is 5.56 Å². The Morgan fingerprint density at radius 2 is 2.40 bits per heavy atom. The van der Waals surface area contributed by atoms with Crippen LogP contribution in [0.2, 0.25) is 0 Å². The lowest BCUT2D eigenvalue weighted by atomic mass is 10.1. The van der Waals surface area contributed by atoms with Gasteiger partial charge in [-0.05, 0) is 11.6 Å². The molecule has 0 saturated carbocycles. The standard InChI is InChI=1S/C9H11N5O/c10-7-1-2-11-4-6(7)3-8(15)9-12-5-13-14-9/h1-2,4-5,8,15H,3H2,(H2,10,11)(H,12,13,14). The van der Waals surface area contributed by atoms with Gasteiger partial charge in [-0.2, -0.15) is 5.10 Å². The number of nitrogen functional groups attached to an aromatic ring is 1. The Hall–Kier alpha value is -1.95. The van der Waals surface area contributed by atoms with E-state index in [0.29, 0.717) is 17.9 Å². The summed E-state index contributed by atoms with van der Waals surface area (Å²) < 4.78 is 0. The van der Waals surface area contributed by atoms with Gasteiger partial charge in [0.05, 0.1) is 0 Å². The fourth-order valence-electron chi connectivity index (χ4n) is 1.29. The molecule has 0 radical (unpaired) electrons. The fraction of sp³-hybridized carbons (Fsp3) is 0.222. The summed E-state index contributed by atoms with van der Waals surface area (Å²) in [5, 5.41) is 16.0. The van der Waals surface area contributed by atoms with Crippen molar-refractivity contribution in [2.75, 3.05) is 5.73 Å². The molecule has 4 N–H and O–H groups in total. The van der Waals surface area contributed by atoms with Crippen molar-refractivity contribution in [3.63, 3.8) is 0 Å². The van der Waals surface area contributed by atoms with Crippen molar-refractivity contribution in [3.8, 4) is 0 Å². The minimum absolute atomic E-state index is 0.370. The summed E-state index contributed by atoms with van der Waals surface area (Å²) in [4.78, 5) is 7.81. The van der Waals surface area contributed by atoms with Gasteiger partial charge in [-0.3, -0.25) is 10.1 Å². The number of H-pyrrole nitrogens is 1. The maximum atomic E-state index is 9.77. The number of aromatic nitrogens is 4. The van der Waals surface area contributed by atoms with E-state index in [4.69, 9.17) is 5.73 Å². The van der Waals surface area contributed by atoms with Crippen LogP contribution in [0.3, 0.4) is 0 Å². The zero-order chi connectivity index (χ0) is 10.7. The molecule has 78 valence electrons. The number of hydrogen-bond acceptors (Lipinski definition) is 5. The maximum Gasteiger partial charge on any atom is 0.153 e. The summed E-state index contributed by atoms with van der Waals surface area (Å²) in [7, 11) is 0. The third-order valence-corrected chi connectivity index (χ3v) is 2.10. The number of aromatic amines is 1. The molecule has 2 aromatic heterocycles. The van der Waals surface area contributed by atoms with Gasteiger partial charge >= 0.3 is 0 Å². The fourth-order valence-corrected chi connectivity index (χ4v) is 1.29. The molecule has 0 aliphatic rings. The van der Waals surface area contributed by atoms with Crippen LogP contribution in [-0.4, -0.2) is 25.3 Å². The third-order valence-electron chi connectivity index (χ3n) is 2.10. The highest BCUT2D eigenvalue weighted by Gasteiger charge is 2.12. The van der Waals surface area contributed by atoms with Crippen LogP contribution in [0, 0.1) is 0 Å². The van der Waals surface area contributed by atoms with Crippen molar-refractivity contribution < 1.29 is 5.11 Å². The van der Waals surface area contributed by atoms with Gasteiger partial charge in [0.1, 0.15) is 12.4 Å². The first-order chi connectivity index (χ1) is 7.27. The number of pyridine rings is 1. The van der Waals surface area contributed by atoms with Crippen molar-refractivity contribution in [1.29, 1.82) is 0 Å².